The van der Waals surface area contributed by atoms with E-state index in [4.69, 9.17) is 5.73 Å². The number of aryl methyl sites for hydroxylation is 1. The topological polar surface area (TPSA) is 42.2 Å². The van der Waals surface area contributed by atoms with E-state index >= 15 is 0 Å². The highest BCUT2D eigenvalue weighted by atomic mass is 15.2. The van der Waals surface area contributed by atoms with Crippen LogP contribution in [0.15, 0.2) is 42.6 Å². The van der Waals surface area contributed by atoms with Crippen molar-refractivity contribution in [1.29, 1.82) is 0 Å². The summed E-state index contributed by atoms with van der Waals surface area (Å²) in [5.41, 5.74) is 9.79. The van der Waals surface area contributed by atoms with Crippen molar-refractivity contribution in [3.05, 3.63) is 53.7 Å². The zero-order valence-electron chi connectivity index (χ0n) is 11.2. The summed E-state index contributed by atoms with van der Waals surface area (Å²) in [6.07, 6.45) is 4.16. The Hall–Kier alpha value is -2.03. The molecule has 3 rings (SSSR count). The molecule has 1 aliphatic heterocycles. The highest BCUT2D eigenvalue weighted by molar-refractivity contribution is 5.56. The van der Waals surface area contributed by atoms with Crippen molar-refractivity contribution in [2.45, 2.75) is 32.4 Å². The predicted octanol–water partition coefficient (Wildman–Crippen LogP) is 3.01. The molecule has 1 atom stereocenters. The van der Waals surface area contributed by atoms with Crippen LogP contribution in [-0.2, 0) is 13.0 Å². The fourth-order valence-electron chi connectivity index (χ4n) is 2.79. The van der Waals surface area contributed by atoms with E-state index in [9.17, 15) is 0 Å². The maximum absolute atomic E-state index is 5.76. The van der Waals surface area contributed by atoms with E-state index in [-0.39, 0.29) is 0 Å². The van der Waals surface area contributed by atoms with Gasteiger partial charge in [-0.2, -0.15) is 0 Å². The van der Waals surface area contributed by atoms with Gasteiger partial charge in [-0.3, -0.25) is 0 Å². The largest absolute Gasteiger partial charge is 0.384 e. The number of para-hydroxylation sites is 1. The van der Waals surface area contributed by atoms with Crippen LogP contribution in [-0.4, -0.2) is 11.0 Å². The Labute approximate surface area is 114 Å². The zero-order valence-corrected chi connectivity index (χ0v) is 11.2. The highest BCUT2D eigenvalue weighted by Gasteiger charge is 2.22. The van der Waals surface area contributed by atoms with E-state index < -0.39 is 0 Å². The number of benzene rings is 1. The van der Waals surface area contributed by atoms with Crippen molar-refractivity contribution in [1.82, 2.24) is 4.98 Å². The predicted molar refractivity (Wildman–Crippen MR) is 79.1 cm³/mol. The van der Waals surface area contributed by atoms with Gasteiger partial charge >= 0.3 is 0 Å². The molecule has 0 radical (unpaired) electrons. The molecule has 0 fully saturated rings. The number of nitrogen functional groups attached to an aromatic ring is 1. The molecule has 0 amide bonds. The molecule has 0 saturated carbocycles. The zero-order chi connectivity index (χ0) is 13.2. The first-order chi connectivity index (χ1) is 9.24. The number of anilines is 2. The minimum absolute atomic E-state index is 0.560. The number of hydrogen-bond donors (Lipinski definition) is 1. The Morgan fingerprint density at radius 3 is 3.00 bits per heavy atom. The molecule has 98 valence electrons. The van der Waals surface area contributed by atoms with Crippen molar-refractivity contribution in [3.63, 3.8) is 0 Å². The van der Waals surface area contributed by atoms with E-state index in [1.807, 2.05) is 12.1 Å². The lowest BCUT2D eigenvalue weighted by molar-refractivity contribution is 0.560. The normalized spacial score (nSPS) is 18.2. The maximum atomic E-state index is 5.76. The average Bonchev–Trinajstić information content (AvgIpc) is 2.42. The molecule has 1 unspecified atom stereocenters. The van der Waals surface area contributed by atoms with Crippen LogP contribution in [0.2, 0.25) is 0 Å². The second-order valence-corrected chi connectivity index (χ2v) is 5.23. The second kappa shape index (κ2) is 4.92. The van der Waals surface area contributed by atoms with Crippen LogP contribution in [0.4, 0.5) is 11.5 Å². The summed E-state index contributed by atoms with van der Waals surface area (Å²) in [5, 5.41) is 0. The lowest BCUT2D eigenvalue weighted by Gasteiger charge is -2.37. The number of nitrogens with zero attached hydrogens (tertiary/aromatic N) is 2. The molecule has 0 bridgehead atoms. The van der Waals surface area contributed by atoms with E-state index in [2.05, 4.69) is 41.1 Å². The van der Waals surface area contributed by atoms with E-state index in [0.29, 0.717) is 11.9 Å². The fraction of sp³-hybridized carbons (Fsp3) is 0.312. The summed E-state index contributed by atoms with van der Waals surface area (Å²) >= 11 is 0. The second-order valence-electron chi connectivity index (χ2n) is 5.23. The van der Waals surface area contributed by atoms with Gasteiger partial charge in [0.25, 0.3) is 0 Å². The SMILES string of the molecule is CC1CCc2ccccc2N1Cc1ccnc(N)c1. The molecule has 0 saturated heterocycles. The fourth-order valence-corrected chi connectivity index (χ4v) is 2.79. The third-order valence-electron chi connectivity index (χ3n) is 3.86. The van der Waals surface area contributed by atoms with Gasteiger partial charge in [0.15, 0.2) is 0 Å². The van der Waals surface area contributed by atoms with Crippen LogP contribution < -0.4 is 10.6 Å². The van der Waals surface area contributed by atoms with Crippen LogP contribution in [0.25, 0.3) is 0 Å². The molecular formula is C16H19N3. The minimum atomic E-state index is 0.560. The monoisotopic (exact) mass is 253 g/mol. The first kappa shape index (κ1) is 12.0. The number of rotatable bonds is 2. The summed E-state index contributed by atoms with van der Waals surface area (Å²) < 4.78 is 0. The van der Waals surface area contributed by atoms with Gasteiger partial charge in [0.05, 0.1) is 0 Å². The Morgan fingerprint density at radius 1 is 1.32 bits per heavy atom. The van der Waals surface area contributed by atoms with Gasteiger partial charge in [-0.1, -0.05) is 18.2 Å². The number of hydrogen-bond acceptors (Lipinski definition) is 3. The summed E-state index contributed by atoms with van der Waals surface area (Å²) in [7, 11) is 0. The molecule has 1 aromatic heterocycles. The Morgan fingerprint density at radius 2 is 2.16 bits per heavy atom. The van der Waals surface area contributed by atoms with Crippen LogP contribution >= 0.6 is 0 Å². The molecule has 19 heavy (non-hydrogen) atoms. The van der Waals surface area contributed by atoms with Gasteiger partial charge in [0, 0.05) is 24.5 Å². The van der Waals surface area contributed by atoms with Crippen molar-refractivity contribution in [2.24, 2.45) is 0 Å². The summed E-state index contributed by atoms with van der Waals surface area (Å²) in [6, 6.07) is 13.3. The number of nitrogens with two attached hydrogens (primary N) is 1. The van der Waals surface area contributed by atoms with Crippen molar-refractivity contribution in [2.75, 3.05) is 10.6 Å². The molecule has 3 heteroatoms. The Kier molecular flexibility index (Phi) is 3.11. The molecule has 2 N–H and O–H groups in total. The van der Waals surface area contributed by atoms with Gasteiger partial charge < -0.3 is 10.6 Å². The highest BCUT2D eigenvalue weighted by Crippen LogP contribution is 2.31. The quantitative estimate of drug-likeness (QED) is 0.894. The molecule has 1 aliphatic rings. The molecule has 3 nitrogen and oxygen atoms in total. The van der Waals surface area contributed by atoms with Gasteiger partial charge in [-0.05, 0) is 49.1 Å². The number of fused-ring (bicyclic) bond motifs is 1. The van der Waals surface area contributed by atoms with Crippen LogP contribution in [0, 0.1) is 0 Å². The van der Waals surface area contributed by atoms with Crippen LogP contribution in [0.3, 0.4) is 0 Å². The third-order valence-corrected chi connectivity index (χ3v) is 3.86. The van der Waals surface area contributed by atoms with Crippen molar-refractivity contribution in [3.8, 4) is 0 Å². The summed E-state index contributed by atoms with van der Waals surface area (Å²) in [6.45, 7) is 3.19. The Bertz CT molecular complexity index is 580. The van der Waals surface area contributed by atoms with Crippen molar-refractivity contribution < 1.29 is 0 Å². The van der Waals surface area contributed by atoms with E-state index in [0.717, 1.165) is 6.54 Å². The molecule has 2 heterocycles. The van der Waals surface area contributed by atoms with Gasteiger partial charge in [0.2, 0.25) is 0 Å². The van der Waals surface area contributed by atoms with Gasteiger partial charge in [-0.15, -0.1) is 0 Å². The molecule has 1 aromatic carbocycles. The standard InChI is InChI=1S/C16H19N3/c1-12-6-7-14-4-2-3-5-15(14)19(12)11-13-8-9-18-16(17)10-13/h2-5,8-10,12H,6-7,11H2,1H3,(H2,17,18). The average molecular weight is 253 g/mol. The van der Waals surface area contributed by atoms with Crippen LogP contribution in [0.1, 0.15) is 24.5 Å². The summed E-state index contributed by atoms with van der Waals surface area (Å²) in [5.74, 6) is 0.593. The molecule has 0 aliphatic carbocycles. The number of pyridine rings is 1. The van der Waals surface area contributed by atoms with Crippen LogP contribution in [0.5, 0.6) is 0 Å². The minimum Gasteiger partial charge on any atom is -0.384 e. The van der Waals surface area contributed by atoms with E-state index in [1.165, 1.54) is 29.7 Å². The summed E-state index contributed by atoms with van der Waals surface area (Å²) in [4.78, 5) is 6.52. The van der Waals surface area contributed by atoms with E-state index in [1.54, 1.807) is 6.20 Å². The Balaban J connectivity index is 1.91. The molecular weight excluding hydrogens is 234 g/mol. The number of aromatic nitrogens is 1. The first-order valence-corrected chi connectivity index (χ1v) is 6.79. The lowest BCUT2D eigenvalue weighted by atomic mass is 9.96. The lowest BCUT2D eigenvalue weighted by Crippen LogP contribution is -2.36. The van der Waals surface area contributed by atoms with Gasteiger partial charge in [-0.25, -0.2) is 4.98 Å². The smallest absolute Gasteiger partial charge is 0.123 e. The van der Waals surface area contributed by atoms with Gasteiger partial charge in [0.1, 0.15) is 5.82 Å². The van der Waals surface area contributed by atoms with Crippen molar-refractivity contribution >= 4 is 11.5 Å². The molecule has 2 aromatic rings. The molecule has 0 spiro atoms. The maximum Gasteiger partial charge on any atom is 0.123 e. The first-order valence-electron chi connectivity index (χ1n) is 6.79. The third kappa shape index (κ3) is 2.41.